The number of benzene rings is 2. The third-order valence-corrected chi connectivity index (χ3v) is 4.14. The number of pyridine rings is 1. The molecule has 5 nitrogen and oxygen atoms in total. The molecule has 1 aromatic heterocycles. The number of rotatable bonds is 4. The minimum Gasteiger partial charge on any atom is -0.456 e. The number of aromatic amines is 1. The van der Waals surface area contributed by atoms with E-state index in [1.54, 1.807) is 19.1 Å². The zero-order valence-electron chi connectivity index (χ0n) is 15.6. The lowest BCUT2D eigenvalue weighted by Crippen LogP contribution is -2.16. The summed E-state index contributed by atoms with van der Waals surface area (Å²) in [5.74, 6) is -0.400. The molecule has 0 fully saturated rings. The number of aryl methyl sites for hydroxylation is 2. The van der Waals surface area contributed by atoms with Gasteiger partial charge in [-0.2, -0.15) is 13.2 Å². The molecule has 0 aliphatic heterocycles. The maximum atomic E-state index is 13.2. The van der Waals surface area contributed by atoms with Gasteiger partial charge in [-0.15, -0.1) is 0 Å². The van der Waals surface area contributed by atoms with Gasteiger partial charge in [0.2, 0.25) is 5.56 Å². The van der Waals surface area contributed by atoms with Gasteiger partial charge in [0, 0.05) is 12.3 Å². The molecule has 0 saturated heterocycles. The second kappa shape index (κ2) is 7.83. The number of carbonyl (C=O) groups is 1. The van der Waals surface area contributed by atoms with Crippen LogP contribution in [0.1, 0.15) is 27.0 Å². The summed E-state index contributed by atoms with van der Waals surface area (Å²) in [4.78, 5) is 26.2. The molecule has 8 heteroatoms. The molecule has 150 valence electrons. The van der Waals surface area contributed by atoms with E-state index < -0.39 is 17.6 Å². The Morgan fingerprint density at radius 3 is 2.34 bits per heavy atom. The van der Waals surface area contributed by atoms with Crippen LogP contribution in [0.15, 0.2) is 59.5 Å². The van der Waals surface area contributed by atoms with Crippen molar-refractivity contribution < 1.29 is 22.7 Å². The molecule has 0 aliphatic carbocycles. The van der Waals surface area contributed by atoms with E-state index in [9.17, 15) is 22.8 Å². The third kappa shape index (κ3) is 4.84. The molecule has 0 unspecified atom stereocenters. The molecule has 0 aliphatic rings. The summed E-state index contributed by atoms with van der Waals surface area (Å²) in [6, 6.07) is 10.6. The molecule has 0 bridgehead atoms. The van der Waals surface area contributed by atoms with Gasteiger partial charge in [0.1, 0.15) is 11.5 Å². The molecule has 0 spiro atoms. The Labute approximate surface area is 164 Å². The van der Waals surface area contributed by atoms with Gasteiger partial charge in [0.25, 0.3) is 5.91 Å². The second-order valence-corrected chi connectivity index (χ2v) is 6.48. The lowest BCUT2D eigenvalue weighted by atomic mass is 10.1. The van der Waals surface area contributed by atoms with Gasteiger partial charge in [0.05, 0.1) is 16.8 Å². The summed E-state index contributed by atoms with van der Waals surface area (Å²) >= 11 is 0. The Kier molecular flexibility index (Phi) is 5.45. The highest BCUT2D eigenvalue weighted by molar-refractivity contribution is 6.06. The van der Waals surface area contributed by atoms with Crippen molar-refractivity contribution in [2.75, 3.05) is 5.32 Å². The van der Waals surface area contributed by atoms with E-state index in [0.29, 0.717) is 5.75 Å². The molecule has 2 aromatic carbocycles. The standard InChI is InChI=1S/C21H17F3N2O3/c1-12-3-6-17(13(2)9-12)29-18-7-4-14(21(22,23)24)10-16(18)20(28)26-15-5-8-19(27)25-11-15/h3-11H,1-2H3,(H,25,27)(H,26,28). The van der Waals surface area contributed by atoms with Crippen LogP contribution in [-0.2, 0) is 6.18 Å². The fraction of sp³-hybridized carbons (Fsp3) is 0.143. The Morgan fingerprint density at radius 1 is 1.00 bits per heavy atom. The van der Waals surface area contributed by atoms with Crippen molar-refractivity contribution in [2.45, 2.75) is 20.0 Å². The van der Waals surface area contributed by atoms with E-state index in [2.05, 4.69) is 10.3 Å². The van der Waals surface area contributed by atoms with Crippen molar-refractivity contribution in [3.8, 4) is 11.5 Å². The van der Waals surface area contributed by atoms with Gasteiger partial charge >= 0.3 is 6.18 Å². The number of hydrogen-bond acceptors (Lipinski definition) is 3. The molecular weight excluding hydrogens is 385 g/mol. The highest BCUT2D eigenvalue weighted by Gasteiger charge is 2.32. The number of amides is 1. The van der Waals surface area contributed by atoms with E-state index in [4.69, 9.17) is 4.74 Å². The quantitative estimate of drug-likeness (QED) is 0.641. The van der Waals surface area contributed by atoms with Crippen LogP contribution >= 0.6 is 0 Å². The third-order valence-electron chi connectivity index (χ3n) is 4.14. The highest BCUT2D eigenvalue weighted by atomic mass is 19.4. The monoisotopic (exact) mass is 402 g/mol. The predicted octanol–water partition coefficient (Wildman–Crippen LogP) is 5.06. The first-order chi connectivity index (χ1) is 13.6. The fourth-order valence-electron chi connectivity index (χ4n) is 2.69. The Balaban J connectivity index is 2.00. The Bertz CT molecular complexity index is 1100. The van der Waals surface area contributed by atoms with E-state index in [-0.39, 0.29) is 22.6 Å². The van der Waals surface area contributed by atoms with Crippen molar-refractivity contribution in [2.24, 2.45) is 0 Å². The van der Waals surface area contributed by atoms with Crippen LogP contribution in [0, 0.1) is 13.8 Å². The van der Waals surface area contributed by atoms with Crippen LogP contribution in [0.25, 0.3) is 0 Å². The van der Waals surface area contributed by atoms with Crippen LogP contribution in [-0.4, -0.2) is 10.9 Å². The molecule has 0 saturated carbocycles. The minimum absolute atomic E-state index is 0.0214. The number of anilines is 1. The number of H-pyrrole nitrogens is 1. The number of alkyl halides is 3. The lowest BCUT2D eigenvalue weighted by Gasteiger charge is -2.15. The summed E-state index contributed by atoms with van der Waals surface area (Å²) in [6.45, 7) is 3.70. The van der Waals surface area contributed by atoms with E-state index in [0.717, 1.165) is 29.3 Å². The largest absolute Gasteiger partial charge is 0.456 e. The fourth-order valence-corrected chi connectivity index (χ4v) is 2.69. The number of aromatic nitrogens is 1. The normalized spacial score (nSPS) is 11.2. The SMILES string of the molecule is Cc1ccc(Oc2ccc(C(F)(F)F)cc2C(=O)Nc2ccc(=O)[nH]c2)c(C)c1. The molecular formula is C21H17F3N2O3. The van der Waals surface area contributed by atoms with Crippen molar-refractivity contribution in [3.63, 3.8) is 0 Å². The van der Waals surface area contributed by atoms with Gasteiger partial charge in [-0.25, -0.2) is 0 Å². The first kappa shape index (κ1) is 20.2. The summed E-state index contributed by atoms with van der Waals surface area (Å²) in [7, 11) is 0. The summed E-state index contributed by atoms with van der Waals surface area (Å²) in [5.41, 5.74) is 0.365. The Hall–Kier alpha value is -3.55. The van der Waals surface area contributed by atoms with Crippen molar-refractivity contribution >= 4 is 11.6 Å². The van der Waals surface area contributed by atoms with Crippen LogP contribution in [0.2, 0.25) is 0 Å². The van der Waals surface area contributed by atoms with Crippen molar-refractivity contribution in [1.82, 2.24) is 4.98 Å². The van der Waals surface area contributed by atoms with Crippen molar-refractivity contribution in [3.05, 3.63) is 87.3 Å². The van der Waals surface area contributed by atoms with Crippen molar-refractivity contribution in [1.29, 1.82) is 0 Å². The number of halogens is 3. The first-order valence-electron chi connectivity index (χ1n) is 8.60. The molecule has 29 heavy (non-hydrogen) atoms. The average Bonchev–Trinajstić information content (AvgIpc) is 2.65. The van der Waals surface area contributed by atoms with Gasteiger partial charge in [-0.3, -0.25) is 9.59 Å². The van der Waals surface area contributed by atoms with Crippen LogP contribution in [0.5, 0.6) is 11.5 Å². The van der Waals surface area contributed by atoms with E-state index in [1.807, 2.05) is 13.0 Å². The molecule has 0 radical (unpaired) electrons. The van der Waals surface area contributed by atoms with E-state index >= 15 is 0 Å². The molecule has 2 N–H and O–H groups in total. The molecule has 1 amide bonds. The highest BCUT2D eigenvalue weighted by Crippen LogP contribution is 2.35. The topological polar surface area (TPSA) is 71.2 Å². The number of nitrogens with one attached hydrogen (secondary N) is 2. The maximum absolute atomic E-state index is 13.2. The van der Waals surface area contributed by atoms with Gasteiger partial charge in [-0.1, -0.05) is 17.7 Å². The van der Waals surface area contributed by atoms with Gasteiger partial charge in [0.15, 0.2) is 0 Å². The summed E-state index contributed by atoms with van der Waals surface area (Å²) in [5, 5.41) is 2.46. The number of ether oxygens (including phenoxy) is 1. The summed E-state index contributed by atoms with van der Waals surface area (Å²) < 4.78 is 45.2. The van der Waals surface area contributed by atoms with Crippen LogP contribution in [0.4, 0.5) is 18.9 Å². The molecule has 3 rings (SSSR count). The number of hydrogen-bond donors (Lipinski definition) is 2. The molecule has 3 aromatic rings. The van der Waals surface area contributed by atoms with E-state index in [1.165, 1.54) is 18.3 Å². The average molecular weight is 402 g/mol. The van der Waals surface area contributed by atoms with Gasteiger partial charge < -0.3 is 15.0 Å². The smallest absolute Gasteiger partial charge is 0.416 e. The van der Waals surface area contributed by atoms with Gasteiger partial charge in [-0.05, 0) is 49.7 Å². The maximum Gasteiger partial charge on any atom is 0.416 e. The summed E-state index contributed by atoms with van der Waals surface area (Å²) in [6.07, 6.45) is -3.37. The van der Waals surface area contributed by atoms with Crippen LogP contribution in [0.3, 0.4) is 0 Å². The molecule has 1 heterocycles. The predicted molar refractivity (Wildman–Crippen MR) is 102 cm³/mol. The van der Waals surface area contributed by atoms with Crippen LogP contribution < -0.4 is 15.6 Å². The Morgan fingerprint density at radius 2 is 1.72 bits per heavy atom. The zero-order chi connectivity index (χ0) is 21.2. The second-order valence-electron chi connectivity index (χ2n) is 6.48. The molecule has 0 atom stereocenters. The first-order valence-corrected chi connectivity index (χ1v) is 8.60. The number of carbonyl (C=O) groups excluding carboxylic acids is 1. The zero-order valence-corrected chi connectivity index (χ0v) is 15.6. The minimum atomic E-state index is -4.62. The lowest BCUT2D eigenvalue weighted by molar-refractivity contribution is -0.137.